The van der Waals surface area contributed by atoms with E-state index in [1.54, 1.807) is 37.4 Å². The van der Waals surface area contributed by atoms with Gasteiger partial charge in [-0.25, -0.2) is 4.79 Å². The maximum absolute atomic E-state index is 13.0. The molecule has 0 aliphatic carbocycles. The van der Waals surface area contributed by atoms with Crippen molar-refractivity contribution >= 4 is 40.8 Å². The van der Waals surface area contributed by atoms with Gasteiger partial charge in [0.05, 0.1) is 35.2 Å². The minimum Gasteiger partial charge on any atom is -0.411 e. The van der Waals surface area contributed by atoms with Gasteiger partial charge in [-0.05, 0) is 30.5 Å². The number of nitrogens with zero attached hydrogens (tertiary/aromatic N) is 3. The summed E-state index contributed by atoms with van der Waals surface area (Å²) in [7, 11) is 3.14. The first-order chi connectivity index (χ1) is 14.3. The molecule has 1 saturated heterocycles. The summed E-state index contributed by atoms with van der Waals surface area (Å²) in [5, 5.41) is 14.2. The summed E-state index contributed by atoms with van der Waals surface area (Å²) in [4.78, 5) is 32.3. The molecule has 0 radical (unpaired) electrons. The lowest BCUT2D eigenvalue weighted by molar-refractivity contribution is -0.152. The van der Waals surface area contributed by atoms with E-state index in [1.165, 1.54) is 4.90 Å². The monoisotopic (exact) mass is 452 g/mol. The largest absolute Gasteiger partial charge is 0.414 e. The van der Waals surface area contributed by atoms with Crippen LogP contribution in [0.15, 0.2) is 24.0 Å². The van der Waals surface area contributed by atoms with Gasteiger partial charge in [0.2, 0.25) is 0 Å². The molecule has 1 aromatic carbocycles. The zero-order valence-electron chi connectivity index (χ0n) is 16.7. The number of carbonyl (C=O) groups is 2. The van der Waals surface area contributed by atoms with Crippen molar-refractivity contribution in [3.63, 3.8) is 0 Å². The van der Waals surface area contributed by atoms with Crippen LogP contribution in [0.5, 0.6) is 0 Å². The van der Waals surface area contributed by atoms with Crippen LogP contribution in [0.1, 0.15) is 24.8 Å². The highest BCUT2D eigenvalue weighted by Gasteiger charge is 2.50. The predicted molar refractivity (Wildman–Crippen MR) is 111 cm³/mol. The van der Waals surface area contributed by atoms with Crippen molar-refractivity contribution in [2.75, 3.05) is 33.8 Å². The minimum atomic E-state index is -0.834. The molecule has 1 fully saturated rings. The standard InChI is InChI=1S/C20H22Cl2N4O4/c1-25(9-3-8-23)19(28)30-17-16(13-4-5-14(21)15(22)12-13)18(27)24-20(17)6-10-26(29-2)11-7-20/h4-5,12H,3,6-7,9-11H2,1-2H3,(H,24,27). The van der Waals surface area contributed by atoms with Crippen molar-refractivity contribution in [3.8, 4) is 6.07 Å². The molecule has 2 aliphatic heterocycles. The summed E-state index contributed by atoms with van der Waals surface area (Å²) in [6.07, 6.45) is 0.544. The Morgan fingerprint density at radius 2 is 2.03 bits per heavy atom. The van der Waals surface area contributed by atoms with Crippen LogP contribution in [0.4, 0.5) is 4.79 Å². The Balaban J connectivity index is 2.01. The Morgan fingerprint density at radius 1 is 1.33 bits per heavy atom. The number of benzene rings is 1. The highest BCUT2D eigenvalue weighted by Crippen LogP contribution is 2.41. The van der Waals surface area contributed by atoms with E-state index in [0.717, 1.165) is 0 Å². The van der Waals surface area contributed by atoms with E-state index in [9.17, 15) is 9.59 Å². The van der Waals surface area contributed by atoms with Gasteiger partial charge < -0.3 is 19.8 Å². The molecule has 10 heteroatoms. The molecule has 0 aromatic heterocycles. The first-order valence-electron chi connectivity index (χ1n) is 9.43. The Labute approximate surface area is 184 Å². The van der Waals surface area contributed by atoms with Crippen LogP contribution in [0.3, 0.4) is 0 Å². The number of ether oxygens (including phenoxy) is 1. The molecule has 8 nitrogen and oxygen atoms in total. The third-order valence-electron chi connectivity index (χ3n) is 5.34. The van der Waals surface area contributed by atoms with Crippen molar-refractivity contribution in [2.45, 2.75) is 24.8 Å². The third-order valence-corrected chi connectivity index (χ3v) is 6.08. The normalized spacial score (nSPS) is 18.3. The molecule has 0 unspecified atom stereocenters. The molecule has 1 aromatic rings. The van der Waals surface area contributed by atoms with Crippen molar-refractivity contribution < 1.29 is 19.2 Å². The summed E-state index contributed by atoms with van der Waals surface area (Å²) in [6, 6.07) is 6.83. The number of piperidine rings is 1. The van der Waals surface area contributed by atoms with Gasteiger partial charge in [0.1, 0.15) is 11.3 Å². The van der Waals surface area contributed by atoms with E-state index in [-0.39, 0.29) is 30.2 Å². The fourth-order valence-electron chi connectivity index (χ4n) is 3.62. The number of halogens is 2. The molecule has 0 bridgehead atoms. The Bertz CT molecular complexity index is 920. The zero-order chi connectivity index (χ0) is 21.9. The van der Waals surface area contributed by atoms with Gasteiger partial charge in [-0.15, -0.1) is 0 Å². The molecule has 0 atom stereocenters. The van der Waals surface area contributed by atoms with Crippen LogP contribution in [0, 0.1) is 11.3 Å². The van der Waals surface area contributed by atoms with E-state index in [0.29, 0.717) is 41.5 Å². The molecule has 0 saturated carbocycles. The Kier molecular flexibility index (Phi) is 6.88. The van der Waals surface area contributed by atoms with E-state index in [1.807, 2.05) is 6.07 Å². The molecule has 160 valence electrons. The molecule has 1 spiro atoms. The predicted octanol–water partition coefficient (Wildman–Crippen LogP) is 3.21. The summed E-state index contributed by atoms with van der Waals surface area (Å²) in [5.41, 5.74) is -0.0730. The fraction of sp³-hybridized carbons (Fsp3) is 0.450. The number of carbonyl (C=O) groups excluding carboxylic acids is 2. The second-order valence-corrected chi connectivity index (χ2v) is 7.99. The number of nitriles is 1. The maximum Gasteiger partial charge on any atom is 0.414 e. The summed E-state index contributed by atoms with van der Waals surface area (Å²) in [6.45, 7) is 1.32. The summed E-state index contributed by atoms with van der Waals surface area (Å²) < 4.78 is 5.78. The minimum absolute atomic E-state index is 0.176. The van der Waals surface area contributed by atoms with Gasteiger partial charge in [0.25, 0.3) is 5.91 Å². The van der Waals surface area contributed by atoms with Crippen LogP contribution in [-0.2, 0) is 14.4 Å². The van der Waals surface area contributed by atoms with Gasteiger partial charge in [-0.2, -0.15) is 10.3 Å². The number of rotatable bonds is 5. The highest BCUT2D eigenvalue weighted by molar-refractivity contribution is 6.42. The number of hydrogen-bond donors (Lipinski definition) is 1. The van der Waals surface area contributed by atoms with Gasteiger partial charge in [0, 0.05) is 26.7 Å². The van der Waals surface area contributed by atoms with Gasteiger partial charge in [-0.1, -0.05) is 29.3 Å². The fourth-order valence-corrected chi connectivity index (χ4v) is 3.92. The van der Waals surface area contributed by atoms with Crippen molar-refractivity contribution in [3.05, 3.63) is 39.6 Å². The third kappa shape index (κ3) is 4.40. The van der Waals surface area contributed by atoms with Crippen LogP contribution in [0.25, 0.3) is 5.57 Å². The van der Waals surface area contributed by atoms with Crippen LogP contribution in [0.2, 0.25) is 10.0 Å². The smallest absolute Gasteiger partial charge is 0.411 e. The van der Waals surface area contributed by atoms with Crippen LogP contribution in [-0.4, -0.2) is 61.3 Å². The van der Waals surface area contributed by atoms with Crippen LogP contribution >= 0.6 is 23.2 Å². The average molecular weight is 453 g/mol. The van der Waals surface area contributed by atoms with Crippen LogP contribution < -0.4 is 5.32 Å². The average Bonchev–Trinajstić information content (AvgIpc) is 2.99. The van der Waals surface area contributed by atoms with E-state index in [2.05, 4.69) is 5.32 Å². The molecule has 2 heterocycles. The topological polar surface area (TPSA) is 94.9 Å². The summed E-state index contributed by atoms with van der Waals surface area (Å²) in [5.74, 6) is -0.0859. The van der Waals surface area contributed by atoms with Crippen molar-refractivity contribution in [2.24, 2.45) is 0 Å². The molecule has 30 heavy (non-hydrogen) atoms. The number of amides is 2. The second-order valence-electron chi connectivity index (χ2n) is 7.18. The molecule has 2 amide bonds. The van der Waals surface area contributed by atoms with Crippen molar-refractivity contribution in [1.82, 2.24) is 15.3 Å². The van der Waals surface area contributed by atoms with Gasteiger partial charge in [0.15, 0.2) is 0 Å². The lowest BCUT2D eigenvalue weighted by Crippen LogP contribution is -2.53. The Morgan fingerprint density at radius 3 is 2.63 bits per heavy atom. The van der Waals surface area contributed by atoms with E-state index < -0.39 is 11.6 Å². The first-order valence-corrected chi connectivity index (χ1v) is 10.2. The lowest BCUT2D eigenvalue weighted by atomic mass is 9.86. The SMILES string of the molecule is CON1CCC2(CC1)NC(=O)C(c1ccc(Cl)c(Cl)c1)=C2OC(=O)N(C)CCC#N. The second kappa shape index (κ2) is 9.23. The number of hydroxylamine groups is 2. The van der Waals surface area contributed by atoms with Crippen molar-refractivity contribution in [1.29, 1.82) is 5.26 Å². The summed E-state index contributed by atoms with van der Waals surface area (Å²) >= 11 is 12.2. The molecular formula is C20H22Cl2N4O4. The quantitative estimate of drug-likeness (QED) is 0.736. The van der Waals surface area contributed by atoms with Gasteiger partial charge >= 0.3 is 6.09 Å². The van der Waals surface area contributed by atoms with E-state index >= 15 is 0 Å². The maximum atomic E-state index is 13.0. The number of nitrogens with one attached hydrogen (secondary N) is 1. The van der Waals surface area contributed by atoms with Gasteiger partial charge in [-0.3, -0.25) is 4.79 Å². The molecular weight excluding hydrogens is 431 g/mol. The lowest BCUT2D eigenvalue weighted by Gasteiger charge is -2.39. The first kappa shape index (κ1) is 22.4. The van der Waals surface area contributed by atoms with E-state index in [4.69, 9.17) is 38.0 Å². The Hall–Kier alpha value is -2.31. The molecule has 1 N–H and O–H groups in total. The molecule has 3 rings (SSSR count). The highest BCUT2D eigenvalue weighted by atomic mass is 35.5. The molecule has 2 aliphatic rings. The zero-order valence-corrected chi connectivity index (χ0v) is 18.2. The number of hydrogen-bond acceptors (Lipinski definition) is 6.